The molecule has 2 heterocycles. The Morgan fingerprint density at radius 1 is 1.26 bits per heavy atom. The predicted octanol–water partition coefficient (Wildman–Crippen LogP) is 2.69. The summed E-state index contributed by atoms with van der Waals surface area (Å²) in [4.78, 5) is 24.3. The first-order valence-corrected chi connectivity index (χ1v) is 10.2. The normalized spacial score (nSPS) is 13.6. The quantitative estimate of drug-likeness (QED) is 0.437. The van der Waals surface area contributed by atoms with Crippen LogP contribution in [0.5, 0.6) is 0 Å². The maximum absolute atomic E-state index is 12.4. The minimum atomic E-state index is 0.214. The maximum atomic E-state index is 12.4. The van der Waals surface area contributed by atoms with Gasteiger partial charge in [0, 0.05) is 44.2 Å². The van der Waals surface area contributed by atoms with Crippen LogP contribution in [0.25, 0.3) is 0 Å². The number of carbonyl (C=O) groups is 1. The molecule has 7 heteroatoms. The summed E-state index contributed by atoms with van der Waals surface area (Å²) < 4.78 is 0. The van der Waals surface area contributed by atoms with Crippen LogP contribution in [-0.2, 0) is 30.8 Å². The Bertz CT molecular complexity index is 776. The number of hydrogen-bond donors (Lipinski definition) is 2. The van der Waals surface area contributed by atoms with Crippen molar-refractivity contribution in [3.8, 4) is 0 Å². The van der Waals surface area contributed by atoms with E-state index in [0.29, 0.717) is 19.5 Å². The summed E-state index contributed by atoms with van der Waals surface area (Å²) >= 11 is 1.72. The van der Waals surface area contributed by atoms with Gasteiger partial charge in [0.15, 0.2) is 5.96 Å². The number of hydrogen-bond acceptors (Lipinski definition) is 4. The molecule has 0 fully saturated rings. The van der Waals surface area contributed by atoms with Gasteiger partial charge in [0.2, 0.25) is 5.91 Å². The van der Waals surface area contributed by atoms with Crippen molar-refractivity contribution in [2.75, 3.05) is 13.6 Å². The van der Waals surface area contributed by atoms with Gasteiger partial charge in [0.25, 0.3) is 0 Å². The number of thiazole rings is 1. The molecule has 1 aromatic carbocycles. The van der Waals surface area contributed by atoms with Crippen molar-refractivity contribution in [2.24, 2.45) is 4.99 Å². The highest BCUT2D eigenvalue weighted by molar-refractivity contribution is 7.11. The topological polar surface area (TPSA) is 69.6 Å². The van der Waals surface area contributed by atoms with E-state index in [-0.39, 0.29) is 5.91 Å². The van der Waals surface area contributed by atoms with Gasteiger partial charge >= 0.3 is 0 Å². The molecule has 0 bridgehead atoms. The maximum Gasteiger partial charge on any atom is 0.223 e. The average molecular weight is 386 g/mol. The van der Waals surface area contributed by atoms with Crippen LogP contribution in [-0.4, -0.2) is 35.3 Å². The predicted molar refractivity (Wildman–Crippen MR) is 110 cm³/mol. The van der Waals surface area contributed by atoms with Crippen molar-refractivity contribution in [1.29, 1.82) is 0 Å². The number of aryl methyl sites for hydroxylation is 1. The van der Waals surface area contributed by atoms with Crippen LogP contribution >= 0.6 is 11.3 Å². The molecule has 0 radical (unpaired) electrons. The molecule has 0 spiro atoms. The van der Waals surface area contributed by atoms with Gasteiger partial charge in [-0.05, 0) is 24.0 Å². The standard InChI is InChI=1S/C20H27N5OS/c1-3-17-11-23-18(27-17)12-24-20(21-2)22-10-6-9-19(26)25-13-15-7-4-5-8-16(15)14-25/h4-5,7-8,11H,3,6,9-10,12-14H2,1-2H3,(H2,21,22,24). The van der Waals surface area contributed by atoms with Crippen molar-refractivity contribution in [3.63, 3.8) is 0 Å². The number of nitrogens with one attached hydrogen (secondary N) is 2. The largest absolute Gasteiger partial charge is 0.356 e. The third-order valence-electron chi connectivity index (χ3n) is 4.63. The van der Waals surface area contributed by atoms with Gasteiger partial charge < -0.3 is 15.5 Å². The third kappa shape index (κ3) is 5.29. The minimum Gasteiger partial charge on any atom is -0.356 e. The van der Waals surface area contributed by atoms with Crippen LogP contribution in [0.2, 0.25) is 0 Å². The number of aliphatic imine (C=N–C) groups is 1. The molecular weight excluding hydrogens is 358 g/mol. The lowest BCUT2D eigenvalue weighted by atomic mass is 10.1. The van der Waals surface area contributed by atoms with Crippen LogP contribution in [0.3, 0.4) is 0 Å². The Kier molecular flexibility index (Phi) is 6.81. The molecular formula is C20H27N5OS. The number of fused-ring (bicyclic) bond motifs is 1. The Balaban J connectivity index is 1.34. The van der Waals surface area contributed by atoms with E-state index in [2.05, 4.69) is 39.7 Å². The van der Waals surface area contributed by atoms with Crippen LogP contribution in [0.15, 0.2) is 35.5 Å². The van der Waals surface area contributed by atoms with E-state index < -0.39 is 0 Å². The van der Waals surface area contributed by atoms with Crippen LogP contribution in [0, 0.1) is 0 Å². The number of carbonyl (C=O) groups excluding carboxylic acids is 1. The first-order chi connectivity index (χ1) is 13.2. The lowest BCUT2D eigenvalue weighted by Crippen LogP contribution is -2.37. The van der Waals surface area contributed by atoms with Crippen molar-refractivity contribution in [2.45, 2.75) is 45.8 Å². The first-order valence-electron chi connectivity index (χ1n) is 9.42. The number of aromatic nitrogens is 1. The number of nitrogens with zero attached hydrogens (tertiary/aromatic N) is 3. The fraction of sp³-hybridized carbons (Fsp3) is 0.450. The van der Waals surface area contributed by atoms with Gasteiger partial charge in [-0.2, -0.15) is 0 Å². The van der Waals surface area contributed by atoms with E-state index >= 15 is 0 Å². The summed E-state index contributed by atoms with van der Waals surface area (Å²) in [5.41, 5.74) is 2.53. The summed E-state index contributed by atoms with van der Waals surface area (Å²) in [5.74, 6) is 0.954. The zero-order chi connectivity index (χ0) is 19.1. The zero-order valence-corrected chi connectivity index (χ0v) is 16.8. The van der Waals surface area contributed by atoms with Gasteiger partial charge in [-0.3, -0.25) is 9.79 Å². The fourth-order valence-electron chi connectivity index (χ4n) is 3.09. The monoisotopic (exact) mass is 385 g/mol. The molecule has 0 atom stereocenters. The Labute approximate surface area is 164 Å². The van der Waals surface area contributed by atoms with Gasteiger partial charge in [-0.25, -0.2) is 4.98 Å². The molecule has 1 aromatic heterocycles. The molecule has 0 saturated carbocycles. The highest BCUT2D eigenvalue weighted by Crippen LogP contribution is 2.22. The fourth-order valence-corrected chi connectivity index (χ4v) is 3.89. The lowest BCUT2D eigenvalue weighted by Gasteiger charge is -2.16. The van der Waals surface area contributed by atoms with Crippen molar-refractivity contribution in [3.05, 3.63) is 51.5 Å². The number of amides is 1. The van der Waals surface area contributed by atoms with Gasteiger partial charge in [-0.15, -0.1) is 11.3 Å². The Morgan fingerprint density at radius 2 is 2.00 bits per heavy atom. The molecule has 27 heavy (non-hydrogen) atoms. The second-order valence-corrected chi connectivity index (χ2v) is 7.75. The highest BCUT2D eigenvalue weighted by atomic mass is 32.1. The van der Waals surface area contributed by atoms with E-state index in [1.54, 1.807) is 18.4 Å². The number of guanidine groups is 1. The van der Waals surface area contributed by atoms with Crippen molar-refractivity contribution < 1.29 is 4.79 Å². The SMILES string of the molecule is CCc1cnc(CNC(=NC)NCCCC(=O)N2Cc3ccccc3C2)s1. The van der Waals surface area contributed by atoms with E-state index in [0.717, 1.165) is 36.9 Å². The molecule has 0 saturated heterocycles. The average Bonchev–Trinajstić information content (AvgIpc) is 3.33. The van der Waals surface area contributed by atoms with Crippen LogP contribution in [0.1, 0.15) is 40.8 Å². The van der Waals surface area contributed by atoms with E-state index in [1.165, 1.54) is 16.0 Å². The second kappa shape index (κ2) is 9.50. The number of benzene rings is 1. The Hall–Kier alpha value is -2.41. The molecule has 2 N–H and O–H groups in total. The van der Waals surface area contributed by atoms with Crippen LogP contribution < -0.4 is 10.6 Å². The van der Waals surface area contributed by atoms with Crippen molar-refractivity contribution in [1.82, 2.24) is 20.5 Å². The van der Waals surface area contributed by atoms with E-state index in [1.807, 2.05) is 23.2 Å². The minimum absolute atomic E-state index is 0.214. The molecule has 0 unspecified atom stereocenters. The smallest absolute Gasteiger partial charge is 0.223 e. The molecule has 144 valence electrons. The summed E-state index contributed by atoms with van der Waals surface area (Å²) in [6.07, 6.45) is 4.27. The molecule has 1 amide bonds. The van der Waals surface area contributed by atoms with Gasteiger partial charge in [0.1, 0.15) is 5.01 Å². The second-order valence-electron chi connectivity index (χ2n) is 6.55. The third-order valence-corrected chi connectivity index (χ3v) is 5.78. The summed E-state index contributed by atoms with van der Waals surface area (Å²) in [5, 5.41) is 7.59. The summed E-state index contributed by atoms with van der Waals surface area (Å²) in [6.45, 7) is 4.98. The zero-order valence-electron chi connectivity index (χ0n) is 16.0. The van der Waals surface area contributed by atoms with Crippen molar-refractivity contribution >= 4 is 23.2 Å². The highest BCUT2D eigenvalue weighted by Gasteiger charge is 2.22. The molecule has 1 aliphatic rings. The van der Waals surface area contributed by atoms with Gasteiger partial charge in [0.05, 0.1) is 6.54 Å². The van der Waals surface area contributed by atoms with Crippen LogP contribution in [0.4, 0.5) is 0 Å². The Morgan fingerprint density at radius 3 is 2.63 bits per heavy atom. The molecule has 6 nitrogen and oxygen atoms in total. The van der Waals surface area contributed by atoms with E-state index in [4.69, 9.17) is 0 Å². The lowest BCUT2D eigenvalue weighted by molar-refractivity contribution is -0.131. The summed E-state index contributed by atoms with van der Waals surface area (Å²) in [6, 6.07) is 8.27. The van der Waals surface area contributed by atoms with Gasteiger partial charge in [-0.1, -0.05) is 31.2 Å². The molecule has 2 aromatic rings. The molecule has 1 aliphatic heterocycles. The number of rotatable bonds is 7. The van der Waals surface area contributed by atoms with E-state index in [9.17, 15) is 4.79 Å². The summed E-state index contributed by atoms with van der Waals surface area (Å²) in [7, 11) is 1.75. The molecule has 3 rings (SSSR count). The molecule has 0 aliphatic carbocycles. The first kappa shape index (κ1) is 19.4.